The van der Waals surface area contributed by atoms with E-state index >= 15 is 0 Å². The van der Waals surface area contributed by atoms with Gasteiger partial charge in [0.25, 0.3) is 5.91 Å². The number of benzene rings is 2. The Morgan fingerprint density at radius 1 is 1.20 bits per heavy atom. The molecule has 0 aliphatic carbocycles. The number of hydrogen-bond acceptors (Lipinski definition) is 2. The van der Waals surface area contributed by atoms with E-state index in [1.807, 2.05) is 0 Å². The number of halogens is 3. The van der Waals surface area contributed by atoms with Crippen molar-refractivity contribution in [2.75, 3.05) is 12.4 Å². The molecular weight excluding hydrogens is 304 g/mol. The molecule has 1 amide bonds. The SMILES string of the molecule is COc1cccc(NC(=O)c2cc(F)c(Cl)cc2Cl)c1. The van der Waals surface area contributed by atoms with Crippen LogP contribution in [0.1, 0.15) is 10.4 Å². The summed E-state index contributed by atoms with van der Waals surface area (Å²) in [6.45, 7) is 0. The third-order valence-corrected chi connectivity index (χ3v) is 3.18. The Morgan fingerprint density at radius 3 is 2.65 bits per heavy atom. The largest absolute Gasteiger partial charge is 0.497 e. The normalized spacial score (nSPS) is 10.2. The molecule has 0 bridgehead atoms. The molecule has 1 N–H and O–H groups in total. The molecule has 0 aliphatic heterocycles. The molecule has 0 atom stereocenters. The molecule has 2 aromatic carbocycles. The fourth-order valence-electron chi connectivity index (χ4n) is 1.60. The van der Waals surface area contributed by atoms with Crippen molar-refractivity contribution in [3.05, 3.63) is 57.8 Å². The topological polar surface area (TPSA) is 38.3 Å². The first-order valence-electron chi connectivity index (χ1n) is 5.61. The van der Waals surface area contributed by atoms with E-state index in [1.54, 1.807) is 24.3 Å². The zero-order valence-electron chi connectivity index (χ0n) is 10.4. The molecule has 20 heavy (non-hydrogen) atoms. The lowest BCUT2D eigenvalue weighted by Gasteiger charge is -2.08. The maximum absolute atomic E-state index is 13.4. The van der Waals surface area contributed by atoms with Crippen molar-refractivity contribution in [2.24, 2.45) is 0 Å². The fraction of sp³-hybridized carbons (Fsp3) is 0.0714. The number of ether oxygens (including phenoxy) is 1. The van der Waals surface area contributed by atoms with E-state index in [-0.39, 0.29) is 15.6 Å². The molecule has 0 aliphatic rings. The third-order valence-electron chi connectivity index (χ3n) is 2.58. The highest BCUT2D eigenvalue weighted by Gasteiger charge is 2.14. The Hall–Kier alpha value is -1.78. The van der Waals surface area contributed by atoms with Gasteiger partial charge in [0.2, 0.25) is 0 Å². The number of carbonyl (C=O) groups excluding carboxylic acids is 1. The Morgan fingerprint density at radius 2 is 1.95 bits per heavy atom. The van der Waals surface area contributed by atoms with Crippen LogP contribution in [0.25, 0.3) is 0 Å². The highest BCUT2D eigenvalue weighted by atomic mass is 35.5. The van der Waals surface area contributed by atoms with Crippen molar-refractivity contribution in [1.82, 2.24) is 0 Å². The summed E-state index contributed by atoms with van der Waals surface area (Å²) in [7, 11) is 1.52. The van der Waals surface area contributed by atoms with Gasteiger partial charge in [-0.3, -0.25) is 4.79 Å². The summed E-state index contributed by atoms with van der Waals surface area (Å²) in [4.78, 5) is 12.1. The van der Waals surface area contributed by atoms with Gasteiger partial charge in [-0.2, -0.15) is 0 Å². The molecule has 0 saturated carbocycles. The molecule has 6 heteroatoms. The molecule has 3 nitrogen and oxygen atoms in total. The highest BCUT2D eigenvalue weighted by molar-refractivity contribution is 6.37. The van der Waals surface area contributed by atoms with Crippen molar-refractivity contribution < 1.29 is 13.9 Å². The molecular formula is C14H10Cl2FNO2. The molecule has 0 heterocycles. The van der Waals surface area contributed by atoms with Crippen LogP contribution in [-0.4, -0.2) is 13.0 Å². The van der Waals surface area contributed by atoms with Crippen molar-refractivity contribution in [3.63, 3.8) is 0 Å². The fourth-order valence-corrected chi connectivity index (χ4v) is 2.06. The van der Waals surface area contributed by atoms with Crippen molar-refractivity contribution in [2.45, 2.75) is 0 Å². The van der Waals surface area contributed by atoms with Crippen LogP contribution in [0.2, 0.25) is 10.0 Å². The average molecular weight is 314 g/mol. The first-order valence-corrected chi connectivity index (χ1v) is 6.37. The zero-order valence-corrected chi connectivity index (χ0v) is 11.9. The minimum Gasteiger partial charge on any atom is -0.497 e. The van der Waals surface area contributed by atoms with E-state index in [0.29, 0.717) is 11.4 Å². The second-order valence-corrected chi connectivity index (χ2v) is 4.75. The Balaban J connectivity index is 2.26. The summed E-state index contributed by atoms with van der Waals surface area (Å²) in [6, 6.07) is 8.97. The van der Waals surface area contributed by atoms with Crippen molar-refractivity contribution >= 4 is 34.8 Å². The third kappa shape index (κ3) is 3.21. The number of nitrogens with one attached hydrogen (secondary N) is 1. The minimum absolute atomic E-state index is 0.0105. The van der Waals surface area contributed by atoms with E-state index in [1.165, 1.54) is 13.2 Å². The van der Waals surface area contributed by atoms with Crippen LogP contribution in [0.3, 0.4) is 0 Å². The average Bonchev–Trinajstić information content (AvgIpc) is 2.43. The van der Waals surface area contributed by atoms with Gasteiger partial charge in [0, 0.05) is 11.8 Å². The maximum atomic E-state index is 13.4. The zero-order chi connectivity index (χ0) is 14.7. The summed E-state index contributed by atoms with van der Waals surface area (Å²) in [5.41, 5.74) is 0.525. The van der Waals surface area contributed by atoms with Crippen LogP contribution >= 0.6 is 23.2 Å². The minimum atomic E-state index is -0.702. The van der Waals surface area contributed by atoms with Crippen molar-refractivity contribution in [1.29, 1.82) is 0 Å². The standard InChI is InChI=1S/C14H10Cl2FNO2/c1-20-9-4-2-3-8(5-9)18-14(19)10-6-13(17)12(16)7-11(10)15/h2-7H,1H3,(H,18,19). The van der Waals surface area contributed by atoms with Gasteiger partial charge in [0.15, 0.2) is 0 Å². The summed E-state index contributed by atoms with van der Waals surface area (Å²) < 4.78 is 18.4. The predicted octanol–water partition coefficient (Wildman–Crippen LogP) is 4.39. The van der Waals surface area contributed by atoms with Crippen LogP contribution in [0.4, 0.5) is 10.1 Å². The van der Waals surface area contributed by atoms with Gasteiger partial charge in [-0.25, -0.2) is 4.39 Å². The van der Waals surface area contributed by atoms with Gasteiger partial charge >= 0.3 is 0 Å². The molecule has 0 aromatic heterocycles. The summed E-state index contributed by atoms with van der Waals surface area (Å²) in [5, 5.41) is 2.56. The summed E-state index contributed by atoms with van der Waals surface area (Å²) >= 11 is 11.5. The van der Waals surface area contributed by atoms with Crippen LogP contribution in [0, 0.1) is 5.82 Å². The lowest BCUT2D eigenvalue weighted by atomic mass is 10.2. The first-order chi connectivity index (χ1) is 9.51. The van der Waals surface area contributed by atoms with Crippen molar-refractivity contribution in [3.8, 4) is 5.75 Å². The second kappa shape index (κ2) is 6.11. The highest BCUT2D eigenvalue weighted by Crippen LogP contribution is 2.25. The second-order valence-electron chi connectivity index (χ2n) is 3.93. The molecule has 0 fully saturated rings. The molecule has 0 unspecified atom stereocenters. The van der Waals surface area contributed by atoms with Crippen LogP contribution in [0.15, 0.2) is 36.4 Å². The molecule has 2 aromatic rings. The smallest absolute Gasteiger partial charge is 0.257 e. The summed E-state index contributed by atoms with van der Waals surface area (Å²) in [5.74, 6) is -0.637. The molecule has 104 valence electrons. The number of rotatable bonds is 3. The van der Waals surface area contributed by atoms with Gasteiger partial charge in [0.05, 0.1) is 22.7 Å². The van der Waals surface area contributed by atoms with E-state index in [2.05, 4.69) is 5.32 Å². The van der Waals surface area contributed by atoms with Gasteiger partial charge in [-0.1, -0.05) is 29.3 Å². The van der Waals surface area contributed by atoms with E-state index in [9.17, 15) is 9.18 Å². The van der Waals surface area contributed by atoms with Crippen LogP contribution in [-0.2, 0) is 0 Å². The summed E-state index contributed by atoms with van der Waals surface area (Å²) in [6.07, 6.45) is 0. The Labute approximate surface area is 125 Å². The van der Waals surface area contributed by atoms with Gasteiger partial charge in [0.1, 0.15) is 11.6 Å². The first kappa shape index (κ1) is 14.6. The number of amides is 1. The number of methoxy groups -OCH3 is 1. The molecule has 0 radical (unpaired) electrons. The monoisotopic (exact) mass is 313 g/mol. The molecule has 2 rings (SSSR count). The Kier molecular flexibility index (Phi) is 4.47. The lowest BCUT2D eigenvalue weighted by Crippen LogP contribution is -2.13. The van der Waals surface area contributed by atoms with Crippen LogP contribution < -0.4 is 10.1 Å². The van der Waals surface area contributed by atoms with Crippen LogP contribution in [0.5, 0.6) is 5.75 Å². The van der Waals surface area contributed by atoms with E-state index in [4.69, 9.17) is 27.9 Å². The van der Waals surface area contributed by atoms with E-state index in [0.717, 1.165) is 6.07 Å². The predicted molar refractivity (Wildman–Crippen MR) is 77.4 cm³/mol. The van der Waals surface area contributed by atoms with Gasteiger partial charge in [-0.15, -0.1) is 0 Å². The Bertz CT molecular complexity index is 662. The number of anilines is 1. The molecule has 0 spiro atoms. The van der Waals surface area contributed by atoms with E-state index < -0.39 is 11.7 Å². The van der Waals surface area contributed by atoms with Gasteiger partial charge < -0.3 is 10.1 Å². The number of carbonyl (C=O) groups is 1. The lowest BCUT2D eigenvalue weighted by molar-refractivity contribution is 0.102. The van der Waals surface area contributed by atoms with Gasteiger partial charge in [-0.05, 0) is 24.3 Å². The maximum Gasteiger partial charge on any atom is 0.257 e. The quantitative estimate of drug-likeness (QED) is 0.853. The molecule has 0 saturated heterocycles. The number of hydrogen-bond donors (Lipinski definition) is 1.